The summed E-state index contributed by atoms with van der Waals surface area (Å²) >= 11 is 0. The molecule has 2 bridgehead atoms. The second kappa shape index (κ2) is 2.96. The van der Waals surface area contributed by atoms with Crippen LogP contribution in [0.15, 0.2) is 22.0 Å². The Morgan fingerprint density at radius 2 is 2.05 bits per heavy atom. The molecule has 2 aromatic rings. The predicted molar refractivity (Wildman–Crippen MR) is 70.1 cm³/mol. The first-order chi connectivity index (χ1) is 8.94. The zero-order chi connectivity index (χ0) is 13.4. The summed E-state index contributed by atoms with van der Waals surface area (Å²) in [6.07, 6.45) is 3.86. The van der Waals surface area contributed by atoms with Crippen molar-refractivity contribution >= 4 is 11.0 Å². The van der Waals surface area contributed by atoms with E-state index in [2.05, 4.69) is 9.97 Å². The number of aromatic nitrogens is 3. The van der Waals surface area contributed by atoms with Crippen molar-refractivity contribution in [2.75, 3.05) is 0 Å². The summed E-state index contributed by atoms with van der Waals surface area (Å²) in [5, 5.41) is 0.468. The Morgan fingerprint density at radius 3 is 2.68 bits per heavy atom. The Morgan fingerprint density at radius 1 is 1.37 bits per heavy atom. The Labute approximate surface area is 108 Å². The lowest BCUT2D eigenvalue weighted by Crippen LogP contribution is -2.75. The molecule has 0 saturated heterocycles. The van der Waals surface area contributed by atoms with Crippen molar-refractivity contribution in [1.29, 1.82) is 0 Å². The smallest absolute Gasteiger partial charge is 0.260 e. The minimum absolute atomic E-state index is 0.0626. The van der Waals surface area contributed by atoms with Crippen LogP contribution in [0.1, 0.15) is 24.8 Å². The van der Waals surface area contributed by atoms with Crippen LogP contribution in [-0.4, -0.2) is 20.1 Å². The molecule has 3 aliphatic rings. The number of nitrogens with two attached hydrogens (primary N) is 1. The number of fused-ring (bicyclic) bond motifs is 1. The maximum absolute atomic E-state index is 12.4. The number of nitrogens with one attached hydrogen (secondary N) is 1. The van der Waals surface area contributed by atoms with E-state index in [1.807, 2.05) is 0 Å². The van der Waals surface area contributed by atoms with E-state index in [1.165, 1.54) is 10.9 Å². The number of pyridine rings is 1. The van der Waals surface area contributed by atoms with Gasteiger partial charge in [-0.3, -0.25) is 14.2 Å². The van der Waals surface area contributed by atoms with Crippen LogP contribution in [0.4, 0.5) is 0 Å². The first-order valence-corrected chi connectivity index (χ1v) is 6.31. The molecule has 0 atom stereocenters. The van der Waals surface area contributed by atoms with E-state index < -0.39 is 0 Å². The fourth-order valence-electron chi connectivity index (χ4n) is 3.81. The highest BCUT2D eigenvalue weighted by atomic mass is 16.1. The van der Waals surface area contributed by atoms with E-state index in [9.17, 15) is 9.59 Å². The first-order valence-electron chi connectivity index (χ1n) is 6.31. The number of hydrogen-bond donors (Lipinski definition) is 2. The summed E-state index contributed by atoms with van der Waals surface area (Å²) in [6, 6.07) is 1.71. The van der Waals surface area contributed by atoms with Crippen molar-refractivity contribution in [2.45, 2.75) is 30.2 Å². The minimum Gasteiger partial charge on any atom is -0.325 e. The fraction of sp³-hybridized carbons (Fsp3) is 0.462. The lowest BCUT2D eigenvalue weighted by molar-refractivity contribution is -0.0600. The molecule has 2 heterocycles. The third-order valence-electron chi connectivity index (χ3n) is 4.65. The Bertz CT molecular complexity index is 813. The average Bonchev–Trinajstić information content (AvgIpc) is 2.30. The molecule has 98 valence electrons. The van der Waals surface area contributed by atoms with Gasteiger partial charge >= 0.3 is 0 Å². The molecule has 0 spiro atoms. The van der Waals surface area contributed by atoms with Gasteiger partial charge in [0.05, 0.1) is 11.7 Å². The summed E-state index contributed by atoms with van der Waals surface area (Å²) in [4.78, 5) is 30.9. The zero-order valence-electron chi connectivity index (χ0n) is 10.6. The molecule has 0 unspecified atom stereocenters. The van der Waals surface area contributed by atoms with Crippen molar-refractivity contribution in [3.63, 3.8) is 0 Å². The lowest BCUT2D eigenvalue weighted by atomic mass is 9.38. The highest BCUT2D eigenvalue weighted by Crippen LogP contribution is 2.65. The molecular weight excluding hydrogens is 244 g/mol. The quantitative estimate of drug-likeness (QED) is 0.737. The number of rotatable bonds is 1. The molecule has 2 aromatic heterocycles. The number of H-pyrrole nitrogens is 1. The van der Waals surface area contributed by atoms with Crippen LogP contribution in [0.25, 0.3) is 11.0 Å². The van der Waals surface area contributed by atoms with E-state index in [1.54, 1.807) is 13.1 Å². The molecule has 3 N–H and O–H groups in total. The first kappa shape index (κ1) is 10.9. The number of nitrogens with zero attached hydrogens (tertiary/aromatic N) is 2. The van der Waals surface area contributed by atoms with Crippen molar-refractivity contribution in [2.24, 2.45) is 12.8 Å². The van der Waals surface area contributed by atoms with Crippen molar-refractivity contribution in [1.82, 2.24) is 14.5 Å². The monoisotopic (exact) mass is 258 g/mol. The summed E-state index contributed by atoms with van der Waals surface area (Å²) in [5.41, 5.74) is 6.75. The van der Waals surface area contributed by atoms with Crippen LogP contribution < -0.4 is 16.9 Å². The molecule has 6 nitrogen and oxygen atoms in total. The van der Waals surface area contributed by atoms with Crippen molar-refractivity contribution in [3.8, 4) is 0 Å². The maximum atomic E-state index is 12.4. The Kier molecular flexibility index (Phi) is 1.70. The molecule has 0 aromatic carbocycles. The normalized spacial score (nSPS) is 31.9. The van der Waals surface area contributed by atoms with E-state index >= 15 is 0 Å². The van der Waals surface area contributed by atoms with Crippen LogP contribution in [0.5, 0.6) is 0 Å². The molecular formula is C13H14N4O2. The van der Waals surface area contributed by atoms with Gasteiger partial charge in [-0.2, -0.15) is 0 Å². The number of hydrogen-bond acceptors (Lipinski definition) is 4. The van der Waals surface area contributed by atoms with Gasteiger partial charge in [0.15, 0.2) is 0 Å². The highest BCUT2D eigenvalue weighted by molar-refractivity contribution is 5.75. The molecule has 5 rings (SSSR count). The van der Waals surface area contributed by atoms with E-state index in [0.717, 1.165) is 19.3 Å². The van der Waals surface area contributed by atoms with Gasteiger partial charge in [0.1, 0.15) is 5.65 Å². The molecule has 3 saturated carbocycles. The summed E-state index contributed by atoms with van der Waals surface area (Å²) < 4.78 is 1.46. The SMILES string of the molecule is Cn1c(=O)c(C23CC(N)(C2)C3)cc2c(=O)[nH]cnc21. The van der Waals surface area contributed by atoms with Crippen LogP contribution in [0.3, 0.4) is 0 Å². The lowest BCUT2D eigenvalue weighted by Gasteiger charge is -2.69. The number of aromatic amines is 1. The van der Waals surface area contributed by atoms with Crippen molar-refractivity contribution in [3.05, 3.63) is 38.7 Å². The van der Waals surface area contributed by atoms with Gasteiger partial charge in [0, 0.05) is 23.6 Å². The molecule has 19 heavy (non-hydrogen) atoms. The molecule has 3 fully saturated rings. The second-order valence-corrected chi connectivity index (χ2v) is 6.06. The van der Waals surface area contributed by atoms with E-state index in [0.29, 0.717) is 16.6 Å². The van der Waals surface area contributed by atoms with Crippen LogP contribution in [0, 0.1) is 0 Å². The minimum atomic E-state index is -0.212. The largest absolute Gasteiger partial charge is 0.325 e. The van der Waals surface area contributed by atoms with Gasteiger partial charge in [0.25, 0.3) is 11.1 Å². The van der Waals surface area contributed by atoms with Gasteiger partial charge in [-0.25, -0.2) is 4.98 Å². The molecule has 0 amide bonds. The second-order valence-electron chi connectivity index (χ2n) is 6.06. The average molecular weight is 258 g/mol. The fourth-order valence-corrected chi connectivity index (χ4v) is 3.81. The van der Waals surface area contributed by atoms with Gasteiger partial charge < -0.3 is 10.7 Å². The summed E-state index contributed by atoms with van der Waals surface area (Å²) in [6.45, 7) is 0. The third kappa shape index (κ3) is 1.17. The van der Waals surface area contributed by atoms with Gasteiger partial charge in [0.2, 0.25) is 0 Å². The summed E-state index contributed by atoms with van der Waals surface area (Å²) in [5.74, 6) is 0. The maximum Gasteiger partial charge on any atom is 0.260 e. The highest BCUT2D eigenvalue weighted by Gasteiger charge is 2.67. The van der Waals surface area contributed by atoms with Crippen LogP contribution >= 0.6 is 0 Å². The predicted octanol–water partition coefficient (Wildman–Crippen LogP) is -0.245. The standard InChI is InChI=1S/C13H14N4O2/c1-17-9-7(10(18)16-6-15-9)2-8(11(17)19)12-3-13(14,4-12)5-12/h2,6H,3-5,14H2,1H3,(H,15,16,18). The van der Waals surface area contributed by atoms with Crippen molar-refractivity contribution < 1.29 is 0 Å². The Hall–Kier alpha value is -1.95. The van der Waals surface area contributed by atoms with Crippen LogP contribution in [0.2, 0.25) is 0 Å². The Balaban J connectivity index is 2.03. The van der Waals surface area contributed by atoms with Crippen LogP contribution in [-0.2, 0) is 12.5 Å². The molecule has 3 aliphatic carbocycles. The van der Waals surface area contributed by atoms with E-state index in [-0.39, 0.29) is 22.1 Å². The number of aryl methyl sites for hydroxylation is 1. The molecule has 0 aliphatic heterocycles. The van der Waals surface area contributed by atoms with Gasteiger partial charge in [-0.15, -0.1) is 0 Å². The topological polar surface area (TPSA) is 93.8 Å². The molecule has 6 heteroatoms. The third-order valence-corrected chi connectivity index (χ3v) is 4.65. The zero-order valence-corrected chi connectivity index (χ0v) is 10.6. The van der Waals surface area contributed by atoms with Gasteiger partial charge in [-0.05, 0) is 25.3 Å². The van der Waals surface area contributed by atoms with Gasteiger partial charge in [-0.1, -0.05) is 0 Å². The summed E-state index contributed by atoms with van der Waals surface area (Å²) in [7, 11) is 1.66. The molecule has 0 radical (unpaired) electrons. The van der Waals surface area contributed by atoms with E-state index in [4.69, 9.17) is 5.73 Å².